The number of rotatable bonds is 7. The Balaban J connectivity index is 1.57. The van der Waals surface area contributed by atoms with Crippen LogP contribution in [0.2, 0.25) is 5.02 Å². The summed E-state index contributed by atoms with van der Waals surface area (Å²) in [5, 5.41) is 3.29. The molecule has 1 fully saturated rings. The lowest BCUT2D eigenvalue weighted by Gasteiger charge is -2.28. The SMILES string of the molecule is Cc1cc(N2CCCCC2)nc(NCCNS(=O)(=O)c2ccccc2Cl)n1. The first-order valence-corrected chi connectivity index (χ1v) is 10.9. The van der Waals surface area contributed by atoms with Gasteiger partial charge < -0.3 is 10.2 Å². The van der Waals surface area contributed by atoms with Crippen LogP contribution in [0.3, 0.4) is 0 Å². The van der Waals surface area contributed by atoms with Gasteiger partial charge in [0.15, 0.2) is 0 Å². The van der Waals surface area contributed by atoms with Gasteiger partial charge in [0.1, 0.15) is 10.7 Å². The van der Waals surface area contributed by atoms with Crippen LogP contribution in [-0.2, 0) is 10.0 Å². The zero-order valence-electron chi connectivity index (χ0n) is 15.3. The Morgan fingerprint density at radius 1 is 1.11 bits per heavy atom. The van der Waals surface area contributed by atoms with Crippen LogP contribution in [0.4, 0.5) is 11.8 Å². The normalized spacial score (nSPS) is 15.0. The van der Waals surface area contributed by atoms with E-state index < -0.39 is 10.0 Å². The second-order valence-corrected chi connectivity index (χ2v) is 8.64. The van der Waals surface area contributed by atoms with Crippen LogP contribution >= 0.6 is 11.6 Å². The molecule has 0 aliphatic carbocycles. The van der Waals surface area contributed by atoms with E-state index >= 15 is 0 Å². The molecule has 1 aliphatic heterocycles. The molecule has 2 aromatic rings. The average molecular weight is 410 g/mol. The smallest absolute Gasteiger partial charge is 0.242 e. The van der Waals surface area contributed by atoms with Gasteiger partial charge in [-0.15, -0.1) is 0 Å². The van der Waals surface area contributed by atoms with Gasteiger partial charge in [0, 0.05) is 37.9 Å². The van der Waals surface area contributed by atoms with Gasteiger partial charge in [0.05, 0.1) is 5.02 Å². The monoisotopic (exact) mass is 409 g/mol. The summed E-state index contributed by atoms with van der Waals surface area (Å²) in [4.78, 5) is 11.3. The lowest BCUT2D eigenvalue weighted by molar-refractivity contribution is 0.573. The minimum atomic E-state index is -3.65. The molecule has 9 heteroatoms. The van der Waals surface area contributed by atoms with Crippen LogP contribution in [0.5, 0.6) is 0 Å². The minimum Gasteiger partial charge on any atom is -0.356 e. The van der Waals surface area contributed by atoms with E-state index in [4.69, 9.17) is 11.6 Å². The largest absolute Gasteiger partial charge is 0.356 e. The van der Waals surface area contributed by atoms with Crippen molar-refractivity contribution >= 4 is 33.4 Å². The maximum absolute atomic E-state index is 12.3. The van der Waals surface area contributed by atoms with Gasteiger partial charge in [-0.05, 0) is 38.3 Å². The Hall–Kier alpha value is -1.90. The number of aromatic nitrogens is 2. The molecular formula is C18H24ClN5O2S. The van der Waals surface area contributed by atoms with E-state index in [0.29, 0.717) is 12.5 Å². The molecule has 1 aliphatic rings. The van der Waals surface area contributed by atoms with Crippen molar-refractivity contribution in [3.63, 3.8) is 0 Å². The predicted molar refractivity (Wildman–Crippen MR) is 108 cm³/mol. The Kier molecular flexibility index (Phi) is 6.51. The van der Waals surface area contributed by atoms with Gasteiger partial charge in [-0.3, -0.25) is 0 Å². The summed E-state index contributed by atoms with van der Waals surface area (Å²) in [6.45, 7) is 4.51. The van der Waals surface area contributed by atoms with Crippen LogP contribution in [-0.4, -0.2) is 44.6 Å². The van der Waals surface area contributed by atoms with Crippen molar-refractivity contribution in [3.8, 4) is 0 Å². The van der Waals surface area contributed by atoms with Crippen molar-refractivity contribution < 1.29 is 8.42 Å². The van der Waals surface area contributed by atoms with Crippen molar-refractivity contribution in [1.29, 1.82) is 0 Å². The summed E-state index contributed by atoms with van der Waals surface area (Å²) >= 11 is 5.97. The van der Waals surface area contributed by atoms with Crippen molar-refractivity contribution in [3.05, 3.63) is 41.0 Å². The van der Waals surface area contributed by atoms with E-state index in [1.165, 1.54) is 25.3 Å². The summed E-state index contributed by atoms with van der Waals surface area (Å²) in [6, 6.07) is 8.35. The number of anilines is 2. The van der Waals surface area contributed by atoms with Gasteiger partial charge in [-0.1, -0.05) is 23.7 Å². The third kappa shape index (κ3) is 5.31. The van der Waals surface area contributed by atoms with Crippen molar-refractivity contribution in [1.82, 2.24) is 14.7 Å². The van der Waals surface area contributed by atoms with Crippen LogP contribution in [0.15, 0.2) is 35.2 Å². The molecule has 1 saturated heterocycles. The van der Waals surface area contributed by atoms with E-state index in [9.17, 15) is 8.42 Å². The molecule has 1 aromatic heterocycles. The Labute approximate surface area is 165 Å². The maximum atomic E-state index is 12.3. The highest BCUT2D eigenvalue weighted by molar-refractivity contribution is 7.89. The van der Waals surface area contributed by atoms with Gasteiger partial charge in [-0.2, -0.15) is 4.98 Å². The van der Waals surface area contributed by atoms with Gasteiger partial charge in [0.2, 0.25) is 16.0 Å². The standard InChI is InChI=1S/C18H24ClN5O2S/c1-14-13-17(24-11-5-2-6-12-24)23-18(22-14)20-9-10-21-27(25,26)16-8-4-3-7-15(16)19/h3-4,7-8,13,21H,2,5-6,9-12H2,1H3,(H,20,22,23). The molecule has 146 valence electrons. The number of nitrogens with one attached hydrogen (secondary N) is 2. The summed E-state index contributed by atoms with van der Waals surface area (Å²) in [5.41, 5.74) is 0.879. The number of hydrogen-bond acceptors (Lipinski definition) is 6. The molecular weight excluding hydrogens is 386 g/mol. The van der Waals surface area contributed by atoms with E-state index in [-0.39, 0.29) is 16.5 Å². The first-order valence-electron chi connectivity index (χ1n) is 9.04. The summed E-state index contributed by atoms with van der Waals surface area (Å²) < 4.78 is 27.2. The summed E-state index contributed by atoms with van der Waals surface area (Å²) in [5.74, 6) is 1.42. The highest BCUT2D eigenvalue weighted by atomic mass is 35.5. The van der Waals surface area contributed by atoms with Gasteiger partial charge in [0.25, 0.3) is 0 Å². The van der Waals surface area contributed by atoms with Crippen molar-refractivity contribution in [2.24, 2.45) is 0 Å². The van der Waals surface area contributed by atoms with E-state index in [1.54, 1.807) is 18.2 Å². The average Bonchev–Trinajstić information content (AvgIpc) is 2.66. The summed E-state index contributed by atoms with van der Waals surface area (Å²) in [7, 11) is -3.65. The van der Waals surface area contributed by atoms with E-state index in [1.807, 2.05) is 13.0 Å². The molecule has 27 heavy (non-hydrogen) atoms. The summed E-state index contributed by atoms with van der Waals surface area (Å²) in [6.07, 6.45) is 3.61. The molecule has 2 N–H and O–H groups in total. The van der Waals surface area contributed by atoms with Gasteiger partial charge >= 0.3 is 0 Å². The fourth-order valence-electron chi connectivity index (χ4n) is 3.02. The zero-order chi connectivity index (χ0) is 19.3. The maximum Gasteiger partial charge on any atom is 0.242 e. The molecule has 0 spiro atoms. The molecule has 0 bridgehead atoms. The fourth-order valence-corrected chi connectivity index (χ4v) is 4.57. The molecule has 0 saturated carbocycles. The van der Waals surface area contributed by atoms with Crippen LogP contribution in [0.1, 0.15) is 25.0 Å². The first kappa shape index (κ1) is 19.9. The van der Waals surface area contributed by atoms with Crippen LogP contribution < -0.4 is 14.9 Å². The fraction of sp³-hybridized carbons (Fsp3) is 0.444. The molecule has 7 nitrogen and oxygen atoms in total. The second kappa shape index (κ2) is 8.86. The third-order valence-corrected chi connectivity index (χ3v) is 6.31. The molecule has 0 atom stereocenters. The van der Waals surface area contributed by atoms with E-state index in [0.717, 1.165) is 24.6 Å². The Bertz CT molecular complexity index is 885. The lowest BCUT2D eigenvalue weighted by atomic mass is 10.1. The zero-order valence-corrected chi connectivity index (χ0v) is 16.9. The molecule has 3 rings (SSSR count). The molecule has 0 amide bonds. The minimum absolute atomic E-state index is 0.0749. The number of hydrogen-bond donors (Lipinski definition) is 2. The predicted octanol–water partition coefficient (Wildman–Crippen LogP) is 2.82. The van der Waals surface area contributed by atoms with E-state index in [2.05, 4.69) is 24.9 Å². The number of nitrogens with zero attached hydrogens (tertiary/aromatic N) is 3. The number of sulfonamides is 1. The molecule has 1 aromatic carbocycles. The van der Waals surface area contributed by atoms with Gasteiger partial charge in [-0.25, -0.2) is 18.1 Å². The topological polar surface area (TPSA) is 87.2 Å². The van der Waals surface area contributed by atoms with Crippen LogP contribution in [0, 0.1) is 6.92 Å². The Morgan fingerprint density at radius 2 is 1.85 bits per heavy atom. The molecule has 0 radical (unpaired) electrons. The third-order valence-electron chi connectivity index (χ3n) is 4.35. The second-order valence-electron chi connectivity index (χ2n) is 6.49. The first-order chi connectivity index (χ1) is 13.0. The highest BCUT2D eigenvalue weighted by Gasteiger charge is 2.17. The van der Waals surface area contributed by atoms with Crippen molar-refractivity contribution in [2.45, 2.75) is 31.1 Å². The van der Waals surface area contributed by atoms with Crippen molar-refractivity contribution in [2.75, 3.05) is 36.4 Å². The quantitative estimate of drug-likeness (QED) is 0.684. The number of aryl methyl sites for hydroxylation is 1. The number of piperidine rings is 1. The number of benzene rings is 1. The lowest BCUT2D eigenvalue weighted by Crippen LogP contribution is -2.31. The molecule has 2 heterocycles. The van der Waals surface area contributed by atoms with Crippen LogP contribution in [0.25, 0.3) is 0 Å². The Morgan fingerprint density at radius 3 is 2.59 bits per heavy atom. The highest BCUT2D eigenvalue weighted by Crippen LogP contribution is 2.21. The number of halogens is 1. The molecule has 0 unspecified atom stereocenters.